The summed E-state index contributed by atoms with van der Waals surface area (Å²) in [6.45, 7) is 6.07. The van der Waals surface area contributed by atoms with Gasteiger partial charge in [0.05, 0.1) is 6.20 Å². The van der Waals surface area contributed by atoms with Crippen LogP contribution in [0, 0.1) is 5.82 Å². The number of benzene rings is 2. The van der Waals surface area contributed by atoms with E-state index in [-0.39, 0.29) is 5.82 Å². The Balaban J connectivity index is 1.25. The number of nitrogens with zero attached hydrogens (tertiary/aromatic N) is 5. The van der Waals surface area contributed by atoms with Crippen LogP contribution in [0.5, 0.6) is 5.75 Å². The van der Waals surface area contributed by atoms with Crippen molar-refractivity contribution in [2.45, 2.75) is 0 Å². The summed E-state index contributed by atoms with van der Waals surface area (Å²) in [4.78, 5) is 9.39. The number of halogens is 1. The average molecular weight is 432 g/mol. The number of likely N-dealkylation sites (N-methyl/N-ethyl adjacent to an activating group) is 1. The quantitative estimate of drug-likeness (QED) is 0.464. The van der Waals surface area contributed by atoms with Gasteiger partial charge in [-0.25, -0.2) is 13.9 Å². The molecule has 164 valence electrons. The monoisotopic (exact) mass is 431 g/mol. The van der Waals surface area contributed by atoms with Crippen LogP contribution in [0.2, 0.25) is 0 Å². The van der Waals surface area contributed by atoms with Gasteiger partial charge in [-0.3, -0.25) is 4.90 Å². The zero-order chi connectivity index (χ0) is 21.9. The summed E-state index contributed by atoms with van der Waals surface area (Å²) in [7, 11) is 2.17. The van der Waals surface area contributed by atoms with Crippen molar-refractivity contribution < 1.29 is 9.13 Å². The minimum atomic E-state index is -0.274. The molecule has 0 atom stereocenters. The molecule has 7 heteroatoms. The molecule has 0 saturated carbocycles. The van der Waals surface area contributed by atoms with Crippen LogP contribution in [0.15, 0.2) is 67.1 Å². The molecule has 32 heavy (non-hydrogen) atoms. The molecule has 1 aliphatic heterocycles. The van der Waals surface area contributed by atoms with Crippen molar-refractivity contribution in [1.82, 2.24) is 24.4 Å². The topological polar surface area (TPSA) is 45.9 Å². The molecule has 1 fully saturated rings. The van der Waals surface area contributed by atoms with E-state index in [1.54, 1.807) is 16.8 Å². The van der Waals surface area contributed by atoms with E-state index in [1.165, 1.54) is 12.1 Å². The van der Waals surface area contributed by atoms with E-state index in [0.29, 0.717) is 12.3 Å². The molecular formula is C25H26FN5O. The number of rotatable bonds is 6. The Labute approximate surface area is 186 Å². The molecule has 1 aliphatic rings. The molecule has 0 radical (unpaired) electrons. The molecule has 6 nitrogen and oxygen atoms in total. The highest BCUT2D eigenvalue weighted by molar-refractivity contribution is 5.77. The second-order valence-electron chi connectivity index (χ2n) is 8.20. The summed E-state index contributed by atoms with van der Waals surface area (Å²) in [6.07, 6.45) is 5.48. The van der Waals surface area contributed by atoms with Crippen molar-refractivity contribution in [3.63, 3.8) is 0 Å². The fraction of sp³-hybridized carbons (Fsp3) is 0.280. The van der Waals surface area contributed by atoms with Gasteiger partial charge in [0.25, 0.3) is 0 Å². The van der Waals surface area contributed by atoms with Crippen molar-refractivity contribution in [3.05, 3.63) is 72.9 Å². The molecule has 5 rings (SSSR count). The van der Waals surface area contributed by atoms with Gasteiger partial charge in [-0.15, -0.1) is 0 Å². The molecule has 0 N–H and O–H groups in total. The summed E-state index contributed by atoms with van der Waals surface area (Å²) in [5, 5.41) is 4.42. The van der Waals surface area contributed by atoms with Crippen LogP contribution in [-0.4, -0.2) is 70.8 Å². The number of aromatic nitrogens is 3. The first kappa shape index (κ1) is 20.6. The van der Waals surface area contributed by atoms with E-state index in [9.17, 15) is 4.39 Å². The Morgan fingerprint density at radius 3 is 2.53 bits per heavy atom. The Kier molecular flexibility index (Phi) is 5.83. The number of hydrogen-bond acceptors (Lipinski definition) is 5. The maximum Gasteiger partial charge on any atom is 0.162 e. The second-order valence-corrected chi connectivity index (χ2v) is 8.20. The normalized spacial score (nSPS) is 15.3. The molecule has 0 aliphatic carbocycles. The summed E-state index contributed by atoms with van der Waals surface area (Å²) in [6, 6.07) is 14.5. The molecule has 3 heterocycles. The molecule has 2 aromatic heterocycles. The van der Waals surface area contributed by atoms with Crippen molar-refractivity contribution >= 4 is 5.65 Å². The first-order valence-electron chi connectivity index (χ1n) is 10.9. The van der Waals surface area contributed by atoms with Gasteiger partial charge < -0.3 is 9.64 Å². The van der Waals surface area contributed by atoms with Crippen molar-refractivity contribution in [2.24, 2.45) is 0 Å². The number of fused-ring (bicyclic) bond motifs is 1. The van der Waals surface area contributed by atoms with Gasteiger partial charge in [0.1, 0.15) is 18.2 Å². The minimum absolute atomic E-state index is 0.274. The number of piperazine rings is 1. The summed E-state index contributed by atoms with van der Waals surface area (Å²) in [5.74, 6) is 0.591. The fourth-order valence-corrected chi connectivity index (χ4v) is 3.99. The summed E-state index contributed by atoms with van der Waals surface area (Å²) >= 11 is 0. The predicted octanol–water partition coefficient (Wildman–Crippen LogP) is 3.83. The first-order valence-corrected chi connectivity index (χ1v) is 10.9. The van der Waals surface area contributed by atoms with Crippen LogP contribution in [0.1, 0.15) is 0 Å². The van der Waals surface area contributed by atoms with E-state index >= 15 is 0 Å². The SMILES string of the molecule is CN1CCN(CCOc2ccc(-c3cnc4c(-c5cccc(F)c5)cnn4c3)cc2)CC1. The van der Waals surface area contributed by atoms with Gasteiger partial charge in [-0.2, -0.15) is 5.10 Å². The summed E-state index contributed by atoms with van der Waals surface area (Å²) in [5.41, 5.74) is 4.26. The van der Waals surface area contributed by atoms with E-state index in [0.717, 1.165) is 60.7 Å². The van der Waals surface area contributed by atoms with Crippen molar-refractivity contribution in [3.8, 4) is 28.0 Å². The lowest BCUT2D eigenvalue weighted by Crippen LogP contribution is -2.45. The molecule has 4 aromatic rings. The van der Waals surface area contributed by atoms with E-state index in [2.05, 4.69) is 26.9 Å². The van der Waals surface area contributed by atoms with Gasteiger partial charge in [-0.05, 0) is 42.4 Å². The fourth-order valence-electron chi connectivity index (χ4n) is 3.99. The van der Waals surface area contributed by atoms with Gasteiger partial charge in [0, 0.05) is 56.2 Å². The standard InChI is InChI=1S/C25H26FN5O/c1-29-9-11-30(12-10-29)13-14-32-23-7-5-19(6-8-23)21-16-27-25-24(17-28-31(25)18-21)20-3-2-4-22(26)15-20/h2-8,15-18H,9-14H2,1H3. The highest BCUT2D eigenvalue weighted by Gasteiger charge is 2.13. The molecular weight excluding hydrogens is 405 g/mol. The lowest BCUT2D eigenvalue weighted by Gasteiger charge is -2.32. The van der Waals surface area contributed by atoms with Gasteiger partial charge in [-0.1, -0.05) is 24.3 Å². The Bertz CT molecular complexity index is 1200. The third-order valence-electron chi connectivity index (χ3n) is 5.95. The average Bonchev–Trinajstić information content (AvgIpc) is 3.24. The highest BCUT2D eigenvalue weighted by Crippen LogP contribution is 2.27. The highest BCUT2D eigenvalue weighted by atomic mass is 19.1. The molecule has 2 aromatic carbocycles. The van der Waals surface area contributed by atoms with Crippen LogP contribution in [0.4, 0.5) is 4.39 Å². The van der Waals surface area contributed by atoms with Crippen LogP contribution in [-0.2, 0) is 0 Å². The minimum Gasteiger partial charge on any atom is -0.492 e. The molecule has 0 spiro atoms. The van der Waals surface area contributed by atoms with Crippen molar-refractivity contribution in [2.75, 3.05) is 46.4 Å². The molecule has 0 unspecified atom stereocenters. The third-order valence-corrected chi connectivity index (χ3v) is 5.95. The number of hydrogen-bond donors (Lipinski definition) is 0. The third kappa shape index (κ3) is 4.49. The molecule has 0 amide bonds. The Morgan fingerprint density at radius 1 is 0.938 bits per heavy atom. The maximum atomic E-state index is 13.6. The smallest absolute Gasteiger partial charge is 0.162 e. The zero-order valence-electron chi connectivity index (χ0n) is 18.1. The lowest BCUT2D eigenvalue weighted by atomic mass is 10.1. The molecule has 1 saturated heterocycles. The van der Waals surface area contributed by atoms with Gasteiger partial charge in [0.15, 0.2) is 5.65 Å². The van der Waals surface area contributed by atoms with Crippen LogP contribution < -0.4 is 4.74 Å². The zero-order valence-corrected chi connectivity index (χ0v) is 18.1. The van der Waals surface area contributed by atoms with Crippen LogP contribution in [0.25, 0.3) is 27.9 Å². The lowest BCUT2D eigenvalue weighted by molar-refractivity contribution is 0.134. The Hall–Kier alpha value is -3.29. The van der Waals surface area contributed by atoms with Crippen LogP contribution in [0.3, 0.4) is 0 Å². The largest absolute Gasteiger partial charge is 0.492 e. The predicted molar refractivity (Wildman–Crippen MR) is 123 cm³/mol. The number of ether oxygens (including phenoxy) is 1. The van der Waals surface area contributed by atoms with Gasteiger partial charge >= 0.3 is 0 Å². The van der Waals surface area contributed by atoms with Gasteiger partial charge in [0.2, 0.25) is 0 Å². The van der Waals surface area contributed by atoms with E-state index < -0.39 is 0 Å². The summed E-state index contributed by atoms with van der Waals surface area (Å²) < 4.78 is 21.3. The molecule has 0 bridgehead atoms. The Morgan fingerprint density at radius 2 is 1.75 bits per heavy atom. The van der Waals surface area contributed by atoms with E-state index in [1.807, 2.05) is 42.7 Å². The maximum absolute atomic E-state index is 13.6. The van der Waals surface area contributed by atoms with Crippen molar-refractivity contribution in [1.29, 1.82) is 0 Å². The van der Waals surface area contributed by atoms with E-state index in [4.69, 9.17) is 4.74 Å². The van der Waals surface area contributed by atoms with Crippen LogP contribution >= 0.6 is 0 Å². The first-order chi connectivity index (χ1) is 15.7. The second kappa shape index (κ2) is 9.06.